The second-order valence-corrected chi connectivity index (χ2v) is 5.74. The number of carbonyl (C=O) groups excluding carboxylic acids is 1. The maximum absolute atomic E-state index is 11.3. The predicted molar refractivity (Wildman–Crippen MR) is 75.2 cm³/mol. The van der Waals surface area contributed by atoms with Gasteiger partial charge >= 0.3 is 5.97 Å². The van der Waals surface area contributed by atoms with Crippen LogP contribution in [-0.4, -0.2) is 35.0 Å². The second-order valence-electron chi connectivity index (χ2n) is 5.74. The van der Waals surface area contributed by atoms with E-state index in [0.717, 1.165) is 18.5 Å². The maximum atomic E-state index is 11.3. The molecule has 1 heterocycles. The molecule has 1 aliphatic heterocycles. The quantitative estimate of drug-likeness (QED) is 0.872. The number of piperidine rings is 1. The summed E-state index contributed by atoms with van der Waals surface area (Å²) in [4.78, 5) is 24.6. The first-order valence-electron chi connectivity index (χ1n) is 6.75. The Bertz CT molecular complexity index is 530. The molecule has 0 aromatic heterocycles. The summed E-state index contributed by atoms with van der Waals surface area (Å²) in [6, 6.07) is 7.19. The molecular formula is C15H20N2O3. The highest BCUT2D eigenvalue weighted by Gasteiger charge is 2.37. The summed E-state index contributed by atoms with van der Waals surface area (Å²) in [5.74, 6) is -1.19. The number of benzene rings is 1. The third-order valence-corrected chi connectivity index (χ3v) is 3.91. The average Bonchev–Trinajstić information content (AvgIpc) is 2.39. The molecule has 1 unspecified atom stereocenters. The van der Waals surface area contributed by atoms with Crippen molar-refractivity contribution in [2.24, 2.45) is 11.1 Å². The fourth-order valence-corrected chi connectivity index (χ4v) is 2.74. The number of hydrogen-bond donors (Lipinski definition) is 2. The van der Waals surface area contributed by atoms with Gasteiger partial charge < -0.3 is 10.8 Å². The summed E-state index contributed by atoms with van der Waals surface area (Å²) in [7, 11) is 0. The number of amides is 1. The molecule has 5 nitrogen and oxygen atoms in total. The zero-order valence-corrected chi connectivity index (χ0v) is 11.6. The number of nitrogens with two attached hydrogens (primary N) is 1. The summed E-state index contributed by atoms with van der Waals surface area (Å²) >= 11 is 0. The highest BCUT2D eigenvalue weighted by Crippen LogP contribution is 2.30. The van der Waals surface area contributed by atoms with E-state index < -0.39 is 17.3 Å². The number of carbonyl (C=O) groups is 2. The van der Waals surface area contributed by atoms with Gasteiger partial charge in [0.15, 0.2) is 0 Å². The van der Waals surface area contributed by atoms with Gasteiger partial charge in [-0.15, -0.1) is 0 Å². The van der Waals surface area contributed by atoms with Gasteiger partial charge in [-0.05, 0) is 44.0 Å². The van der Waals surface area contributed by atoms with Gasteiger partial charge in [-0.3, -0.25) is 14.5 Å². The Balaban J connectivity index is 2.08. The molecule has 2 rings (SSSR count). The molecule has 0 spiro atoms. The predicted octanol–water partition coefficient (Wildman–Crippen LogP) is 1.47. The van der Waals surface area contributed by atoms with Crippen LogP contribution in [0, 0.1) is 5.41 Å². The fourth-order valence-electron chi connectivity index (χ4n) is 2.74. The number of carboxylic acid groups (broad SMARTS) is 1. The molecule has 0 radical (unpaired) electrons. The first kappa shape index (κ1) is 14.5. The third kappa shape index (κ3) is 3.17. The number of hydrogen-bond acceptors (Lipinski definition) is 3. The van der Waals surface area contributed by atoms with E-state index in [-0.39, 0.29) is 0 Å². The molecule has 108 valence electrons. The van der Waals surface area contributed by atoms with Gasteiger partial charge in [-0.25, -0.2) is 0 Å². The lowest BCUT2D eigenvalue weighted by Crippen LogP contribution is -2.45. The average molecular weight is 276 g/mol. The summed E-state index contributed by atoms with van der Waals surface area (Å²) in [6.45, 7) is 3.85. The minimum absolute atomic E-state index is 0.444. The zero-order chi connectivity index (χ0) is 14.8. The van der Waals surface area contributed by atoms with Gasteiger partial charge in [0.25, 0.3) is 0 Å². The van der Waals surface area contributed by atoms with Crippen LogP contribution in [0.1, 0.15) is 35.7 Å². The Kier molecular flexibility index (Phi) is 4.09. The van der Waals surface area contributed by atoms with Crippen molar-refractivity contribution >= 4 is 11.9 Å². The smallest absolute Gasteiger partial charge is 0.310 e. The lowest BCUT2D eigenvalue weighted by Gasteiger charge is -2.37. The molecule has 1 atom stereocenters. The van der Waals surface area contributed by atoms with Crippen LogP contribution < -0.4 is 5.73 Å². The number of rotatable bonds is 4. The Hall–Kier alpha value is -1.88. The molecule has 3 N–H and O–H groups in total. The number of nitrogens with zero attached hydrogens (tertiary/aromatic N) is 1. The molecule has 1 fully saturated rings. The van der Waals surface area contributed by atoms with Crippen molar-refractivity contribution in [2.45, 2.75) is 26.3 Å². The van der Waals surface area contributed by atoms with Gasteiger partial charge in [-0.1, -0.05) is 12.1 Å². The minimum Gasteiger partial charge on any atom is -0.481 e. The SMILES string of the molecule is CC1(C(=O)O)CCCN(Cc2cccc(C(N)=O)c2)C1. The lowest BCUT2D eigenvalue weighted by atomic mass is 9.82. The van der Waals surface area contributed by atoms with E-state index in [4.69, 9.17) is 5.73 Å². The van der Waals surface area contributed by atoms with Crippen molar-refractivity contribution in [3.63, 3.8) is 0 Å². The van der Waals surface area contributed by atoms with Gasteiger partial charge in [-0.2, -0.15) is 0 Å². The van der Waals surface area contributed by atoms with E-state index in [1.165, 1.54) is 0 Å². The van der Waals surface area contributed by atoms with Crippen molar-refractivity contribution < 1.29 is 14.7 Å². The Morgan fingerprint density at radius 2 is 2.20 bits per heavy atom. The van der Waals surface area contributed by atoms with Crippen LogP contribution in [0.5, 0.6) is 0 Å². The largest absolute Gasteiger partial charge is 0.481 e. The molecule has 0 saturated carbocycles. The molecule has 1 aromatic rings. The Labute approximate surface area is 118 Å². The standard InChI is InChI=1S/C15H20N2O3/c1-15(14(19)20)6-3-7-17(10-15)9-11-4-2-5-12(8-11)13(16)18/h2,4-5,8H,3,6-7,9-10H2,1H3,(H2,16,18)(H,19,20). The summed E-state index contributed by atoms with van der Waals surface area (Å²) in [5, 5.41) is 9.31. The number of carboxylic acids is 1. The van der Waals surface area contributed by atoms with E-state index in [9.17, 15) is 14.7 Å². The van der Waals surface area contributed by atoms with Crippen molar-refractivity contribution in [3.05, 3.63) is 35.4 Å². The highest BCUT2D eigenvalue weighted by atomic mass is 16.4. The lowest BCUT2D eigenvalue weighted by molar-refractivity contribution is -0.151. The third-order valence-electron chi connectivity index (χ3n) is 3.91. The van der Waals surface area contributed by atoms with E-state index in [1.807, 2.05) is 6.07 Å². The Morgan fingerprint density at radius 3 is 2.85 bits per heavy atom. The van der Waals surface area contributed by atoms with Gasteiger partial charge in [0, 0.05) is 18.7 Å². The molecular weight excluding hydrogens is 256 g/mol. The van der Waals surface area contributed by atoms with Gasteiger partial charge in [0.05, 0.1) is 5.41 Å². The van der Waals surface area contributed by atoms with Crippen molar-refractivity contribution in [3.8, 4) is 0 Å². The molecule has 5 heteroatoms. The summed E-state index contributed by atoms with van der Waals surface area (Å²) in [5.41, 5.74) is 6.06. The molecule has 0 bridgehead atoms. The van der Waals surface area contributed by atoms with Crippen LogP contribution in [0.2, 0.25) is 0 Å². The van der Waals surface area contributed by atoms with E-state index in [2.05, 4.69) is 4.90 Å². The monoisotopic (exact) mass is 276 g/mol. The zero-order valence-electron chi connectivity index (χ0n) is 11.6. The molecule has 20 heavy (non-hydrogen) atoms. The Morgan fingerprint density at radius 1 is 1.45 bits per heavy atom. The molecule has 0 aliphatic carbocycles. The van der Waals surface area contributed by atoms with E-state index in [1.54, 1.807) is 25.1 Å². The summed E-state index contributed by atoms with van der Waals surface area (Å²) in [6.07, 6.45) is 1.58. The van der Waals surface area contributed by atoms with Crippen molar-refractivity contribution in [1.29, 1.82) is 0 Å². The molecule has 1 saturated heterocycles. The van der Waals surface area contributed by atoms with E-state index >= 15 is 0 Å². The first-order chi connectivity index (χ1) is 9.40. The highest BCUT2D eigenvalue weighted by molar-refractivity contribution is 5.92. The topological polar surface area (TPSA) is 83.6 Å². The molecule has 1 aromatic carbocycles. The van der Waals surface area contributed by atoms with Crippen LogP contribution >= 0.6 is 0 Å². The van der Waals surface area contributed by atoms with Crippen molar-refractivity contribution in [2.75, 3.05) is 13.1 Å². The molecule has 1 aliphatic rings. The maximum Gasteiger partial charge on any atom is 0.310 e. The minimum atomic E-state index is -0.743. The number of likely N-dealkylation sites (tertiary alicyclic amines) is 1. The number of primary amides is 1. The number of aliphatic carboxylic acids is 1. The van der Waals surface area contributed by atoms with Crippen LogP contribution in [-0.2, 0) is 11.3 Å². The van der Waals surface area contributed by atoms with Crippen LogP contribution in [0.25, 0.3) is 0 Å². The first-order valence-corrected chi connectivity index (χ1v) is 6.75. The molecule has 1 amide bonds. The normalized spacial score (nSPS) is 23.4. The van der Waals surface area contributed by atoms with Gasteiger partial charge in [0.2, 0.25) is 5.91 Å². The van der Waals surface area contributed by atoms with E-state index in [0.29, 0.717) is 25.1 Å². The van der Waals surface area contributed by atoms with Crippen LogP contribution in [0.15, 0.2) is 24.3 Å². The summed E-state index contributed by atoms with van der Waals surface area (Å²) < 4.78 is 0. The van der Waals surface area contributed by atoms with Crippen molar-refractivity contribution in [1.82, 2.24) is 4.90 Å². The second kappa shape index (κ2) is 5.63. The van der Waals surface area contributed by atoms with Crippen LogP contribution in [0.3, 0.4) is 0 Å². The van der Waals surface area contributed by atoms with Gasteiger partial charge in [0.1, 0.15) is 0 Å². The fraction of sp³-hybridized carbons (Fsp3) is 0.467. The van der Waals surface area contributed by atoms with Crippen LogP contribution in [0.4, 0.5) is 0 Å².